The van der Waals surface area contributed by atoms with E-state index in [2.05, 4.69) is 15.9 Å². The third kappa shape index (κ3) is 3.20. The van der Waals surface area contributed by atoms with E-state index in [1.165, 1.54) is 6.92 Å². The third-order valence-corrected chi connectivity index (χ3v) is 2.16. The molecule has 0 aromatic heterocycles. The first-order chi connectivity index (χ1) is 5.18. The summed E-state index contributed by atoms with van der Waals surface area (Å²) in [5.74, 6) is -0.211. The smallest absolute Gasteiger partial charge is 0.302 e. The van der Waals surface area contributed by atoms with Crippen LogP contribution in [0.5, 0.6) is 0 Å². The highest BCUT2D eigenvalue weighted by atomic mass is 79.9. The number of rotatable bonds is 1. The van der Waals surface area contributed by atoms with Crippen LogP contribution < -0.4 is 0 Å². The lowest BCUT2D eigenvalue weighted by Gasteiger charge is -2.25. The second-order valence-corrected chi connectivity index (χ2v) is 3.56. The van der Waals surface area contributed by atoms with E-state index < -0.39 is 0 Å². The molecule has 11 heavy (non-hydrogen) atoms. The predicted molar refractivity (Wildman–Crippen MR) is 43.5 cm³/mol. The van der Waals surface area contributed by atoms with E-state index in [-0.39, 0.29) is 17.1 Å². The van der Waals surface area contributed by atoms with E-state index in [1.807, 2.05) is 0 Å². The van der Waals surface area contributed by atoms with E-state index in [4.69, 9.17) is 9.47 Å². The van der Waals surface area contributed by atoms with Gasteiger partial charge in [0.15, 0.2) is 0 Å². The first kappa shape index (κ1) is 9.00. The number of carbonyl (C=O) groups excluding carboxylic acids is 1. The molecule has 0 bridgehead atoms. The minimum absolute atomic E-state index is 0.0330. The van der Waals surface area contributed by atoms with Crippen LogP contribution in [0.25, 0.3) is 0 Å². The molecule has 0 radical (unpaired) electrons. The van der Waals surface area contributed by atoms with E-state index in [1.54, 1.807) is 0 Å². The fourth-order valence-corrected chi connectivity index (χ4v) is 1.67. The molecule has 4 heteroatoms. The number of ether oxygens (including phenoxy) is 2. The van der Waals surface area contributed by atoms with Gasteiger partial charge in [0.05, 0.1) is 6.61 Å². The van der Waals surface area contributed by atoms with Crippen LogP contribution in [0, 0.1) is 0 Å². The number of hydrogen-bond acceptors (Lipinski definition) is 3. The third-order valence-electron chi connectivity index (χ3n) is 1.52. The largest absolute Gasteiger partial charge is 0.462 e. The molecule has 0 amide bonds. The molecule has 1 aliphatic heterocycles. The SMILES string of the molecule is CC(=O)O[C@H]1CCO[C@H](Br)C1. The van der Waals surface area contributed by atoms with Gasteiger partial charge in [-0.1, -0.05) is 15.9 Å². The van der Waals surface area contributed by atoms with Crippen molar-refractivity contribution in [1.29, 1.82) is 0 Å². The number of alkyl halides is 1. The maximum Gasteiger partial charge on any atom is 0.302 e. The molecule has 1 rings (SSSR count). The molecular weight excluding hydrogens is 212 g/mol. The Hall–Kier alpha value is -0.0900. The molecule has 1 fully saturated rings. The van der Waals surface area contributed by atoms with E-state index in [0.29, 0.717) is 6.61 Å². The summed E-state index contributed by atoms with van der Waals surface area (Å²) in [4.78, 5) is 10.5. The molecule has 0 aliphatic carbocycles. The van der Waals surface area contributed by atoms with Crippen LogP contribution in [0.3, 0.4) is 0 Å². The first-order valence-electron chi connectivity index (χ1n) is 3.61. The van der Waals surface area contributed by atoms with Crippen molar-refractivity contribution in [3.8, 4) is 0 Å². The van der Waals surface area contributed by atoms with Crippen LogP contribution in [-0.2, 0) is 14.3 Å². The maximum absolute atomic E-state index is 10.5. The van der Waals surface area contributed by atoms with Crippen molar-refractivity contribution in [2.45, 2.75) is 30.9 Å². The Morgan fingerprint density at radius 1 is 1.73 bits per heavy atom. The monoisotopic (exact) mass is 222 g/mol. The van der Waals surface area contributed by atoms with Crippen molar-refractivity contribution >= 4 is 21.9 Å². The maximum atomic E-state index is 10.5. The molecule has 0 aromatic rings. The van der Waals surface area contributed by atoms with Gasteiger partial charge in [-0.15, -0.1) is 0 Å². The lowest BCUT2D eigenvalue weighted by Crippen LogP contribution is -2.28. The van der Waals surface area contributed by atoms with Crippen molar-refractivity contribution in [1.82, 2.24) is 0 Å². The van der Waals surface area contributed by atoms with Crippen molar-refractivity contribution < 1.29 is 14.3 Å². The second-order valence-electron chi connectivity index (χ2n) is 2.54. The summed E-state index contributed by atoms with van der Waals surface area (Å²) in [6.07, 6.45) is 1.59. The fourth-order valence-electron chi connectivity index (χ4n) is 1.06. The number of hydrogen-bond donors (Lipinski definition) is 0. The Balaban J connectivity index is 2.28. The Kier molecular flexibility index (Phi) is 3.33. The van der Waals surface area contributed by atoms with Gasteiger partial charge in [-0.25, -0.2) is 0 Å². The molecule has 1 aliphatic rings. The molecular formula is C7H11BrO3. The van der Waals surface area contributed by atoms with Crippen molar-refractivity contribution in [2.24, 2.45) is 0 Å². The topological polar surface area (TPSA) is 35.5 Å². The average molecular weight is 223 g/mol. The molecule has 0 N–H and O–H groups in total. The zero-order valence-electron chi connectivity index (χ0n) is 6.38. The van der Waals surface area contributed by atoms with Crippen LogP contribution in [0.1, 0.15) is 19.8 Å². The van der Waals surface area contributed by atoms with E-state index in [0.717, 1.165) is 12.8 Å². The molecule has 0 aromatic carbocycles. The quantitative estimate of drug-likeness (QED) is 0.498. The zero-order valence-corrected chi connectivity index (χ0v) is 7.96. The highest BCUT2D eigenvalue weighted by Gasteiger charge is 2.22. The molecule has 0 spiro atoms. The average Bonchev–Trinajstić information content (AvgIpc) is 1.85. The van der Waals surface area contributed by atoms with Crippen LogP contribution >= 0.6 is 15.9 Å². The Morgan fingerprint density at radius 2 is 2.45 bits per heavy atom. The van der Waals surface area contributed by atoms with Crippen LogP contribution in [0.2, 0.25) is 0 Å². The summed E-state index contributed by atoms with van der Waals surface area (Å²) in [7, 11) is 0. The highest BCUT2D eigenvalue weighted by molar-refractivity contribution is 9.09. The summed E-state index contributed by atoms with van der Waals surface area (Å²) in [6.45, 7) is 2.09. The van der Waals surface area contributed by atoms with Gasteiger partial charge in [0, 0.05) is 19.8 Å². The molecule has 1 heterocycles. The lowest BCUT2D eigenvalue weighted by atomic mass is 10.1. The second kappa shape index (κ2) is 4.07. The molecule has 64 valence electrons. The minimum atomic E-state index is -0.211. The van der Waals surface area contributed by atoms with Crippen molar-refractivity contribution in [3.63, 3.8) is 0 Å². The van der Waals surface area contributed by atoms with Gasteiger partial charge in [-0.05, 0) is 0 Å². The standard InChI is InChI=1S/C7H11BrO3/c1-5(9)11-6-2-3-10-7(8)4-6/h6-7H,2-4H2,1H3/t6-,7-/m0/s1. The lowest BCUT2D eigenvalue weighted by molar-refractivity contribution is -0.150. The normalized spacial score (nSPS) is 31.5. The molecule has 0 unspecified atom stereocenters. The Labute approximate surface area is 74.2 Å². The summed E-state index contributed by atoms with van der Waals surface area (Å²) in [5, 5.41) is 0.0422. The zero-order chi connectivity index (χ0) is 8.27. The number of carbonyl (C=O) groups is 1. The molecule has 2 atom stereocenters. The molecule has 0 saturated carbocycles. The van der Waals surface area contributed by atoms with Crippen molar-refractivity contribution in [3.05, 3.63) is 0 Å². The molecule has 1 saturated heterocycles. The van der Waals surface area contributed by atoms with Crippen LogP contribution in [-0.4, -0.2) is 23.7 Å². The molecule has 3 nitrogen and oxygen atoms in total. The van der Waals surface area contributed by atoms with Gasteiger partial charge in [-0.3, -0.25) is 4.79 Å². The van der Waals surface area contributed by atoms with Crippen molar-refractivity contribution in [2.75, 3.05) is 6.61 Å². The summed E-state index contributed by atoms with van der Waals surface area (Å²) >= 11 is 3.31. The Morgan fingerprint density at radius 3 is 3.00 bits per heavy atom. The van der Waals surface area contributed by atoms with E-state index >= 15 is 0 Å². The first-order valence-corrected chi connectivity index (χ1v) is 4.53. The number of halogens is 1. The summed E-state index contributed by atoms with van der Waals surface area (Å²) in [6, 6.07) is 0. The van der Waals surface area contributed by atoms with Crippen LogP contribution in [0.4, 0.5) is 0 Å². The van der Waals surface area contributed by atoms with Gasteiger partial charge in [0.25, 0.3) is 0 Å². The summed E-state index contributed by atoms with van der Waals surface area (Å²) in [5.41, 5.74) is 0. The van der Waals surface area contributed by atoms with Gasteiger partial charge in [0.1, 0.15) is 11.1 Å². The van der Waals surface area contributed by atoms with E-state index in [9.17, 15) is 4.79 Å². The number of esters is 1. The Bertz CT molecular complexity index is 149. The van der Waals surface area contributed by atoms with Gasteiger partial charge in [-0.2, -0.15) is 0 Å². The summed E-state index contributed by atoms with van der Waals surface area (Å²) < 4.78 is 10.2. The fraction of sp³-hybridized carbons (Fsp3) is 0.857. The van der Waals surface area contributed by atoms with Gasteiger partial charge < -0.3 is 9.47 Å². The highest BCUT2D eigenvalue weighted by Crippen LogP contribution is 2.20. The van der Waals surface area contributed by atoms with Gasteiger partial charge in [0.2, 0.25) is 0 Å². The van der Waals surface area contributed by atoms with Crippen LogP contribution in [0.15, 0.2) is 0 Å². The van der Waals surface area contributed by atoms with Gasteiger partial charge >= 0.3 is 5.97 Å². The minimum Gasteiger partial charge on any atom is -0.462 e. The predicted octanol–water partition coefficient (Wildman–Crippen LogP) is 1.45.